The van der Waals surface area contributed by atoms with Crippen molar-refractivity contribution in [1.82, 2.24) is 4.98 Å². The normalized spacial score (nSPS) is 10.1. The first-order valence-electron chi connectivity index (χ1n) is 4.89. The molecule has 2 rings (SSSR count). The first kappa shape index (κ1) is 12.3. The number of hydrogen-bond acceptors (Lipinski definition) is 5. The van der Waals surface area contributed by atoms with E-state index in [0.717, 1.165) is 0 Å². The van der Waals surface area contributed by atoms with Gasteiger partial charge in [0.05, 0.1) is 11.1 Å². The highest BCUT2D eigenvalue weighted by Gasteiger charge is 2.19. The third kappa shape index (κ3) is 2.57. The third-order valence-corrected chi connectivity index (χ3v) is 2.55. The van der Waals surface area contributed by atoms with Crippen molar-refractivity contribution in [3.8, 4) is 11.5 Å². The first-order valence-corrected chi connectivity index (χ1v) is 5.68. The molecule has 92 valence electrons. The molecule has 1 aromatic carbocycles. The van der Waals surface area contributed by atoms with Gasteiger partial charge in [-0.15, -0.1) is 0 Å². The maximum atomic E-state index is 10.9. The average Bonchev–Trinajstić information content (AvgIpc) is 2.28. The predicted molar refractivity (Wildman–Crippen MR) is 69.5 cm³/mol. The van der Waals surface area contributed by atoms with E-state index in [9.17, 15) is 10.1 Å². The second-order valence-electron chi connectivity index (χ2n) is 3.39. The van der Waals surface area contributed by atoms with E-state index in [-0.39, 0.29) is 17.1 Å². The summed E-state index contributed by atoms with van der Waals surface area (Å²) in [5.41, 5.74) is 5.36. The Morgan fingerprint density at radius 1 is 1.39 bits per heavy atom. The Balaban J connectivity index is 2.40. The van der Waals surface area contributed by atoms with E-state index < -0.39 is 4.92 Å². The number of rotatable bonds is 3. The Labute approximate surface area is 111 Å². The smallest absolute Gasteiger partial charge is 0.334 e. The summed E-state index contributed by atoms with van der Waals surface area (Å²) in [5, 5.41) is 10.9. The van der Waals surface area contributed by atoms with Gasteiger partial charge in [-0.3, -0.25) is 15.1 Å². The highest BCUT2D eigenvalue weighted by Crippen LogP contribution is 2.35. The first-order chi connectivity index (χ1) is 8.58. The van der Waals surface area contributed by atoms with Crippen molar-refractivity contribution in [2.24, 2.45) is 0 Å². The lowest BCUT2D eigenvalue weighted by Crippen LogP contribution is -1.98. The van der Waals surface area contributed by atoms with E-state index in [0.29, 0.717) is 10.2 Å². The number of aromatic nitrogens is 1. The minimum Gasteiger partial charge on any atom is -0.448 e. The van der Waals surface area contributed by atoms with Crippen molar-refractivity contribution in [2.75, 3.05) is 5.73 Å². The molecule has 0 radical (unpaired) electrons. The molecule has 0 saturated carbocycles. The van der Waals surface area contributed by atoms with Crippen LogP contribution >= 0.6 is 15.9 Å². The zero-order chi connectivity index (χ0) is 13.1. The Morgan fingerprint density at radius 3 is 2.83 bits per heavy atom. The number of nitrogens with two attached hydrogens (primary N) is 1. The zero-order valence-electron chi connectivity index (χ0n) is 9.04. The van der Waals surface area contributed by atoms with Crippen LogP contribution in [0.15, 0.2) is 41.1 Å². The summed E-state index contributed by atoms with van der Waals surface area (Å²) in [6, 6.07) is 6.17. The van der Waals surface area contributed by atoms with E-state index in [2.05, 4.69) is 20.9 Å². The highest BCUT2D eigenvalue weighted by molar-refractivity contribution is 9.10. The van der Waals surface area contributed by atoms with E-state index in [1.54, 1.807) is 18.3 Å². The fraction of sp³-hybridized carbons (Fsp3) is 0. The van der Waals surface area contributed by atoms with Gasteiger partial charge in [0.1, 0.15) is 11.4 Å². The molecule has 0 aliphatic carbocycles. The molecule has 0 aliphatic rings. The number of nitro benzene ring substituents is 1. The number of nitrogens with zero attached hydrogens (tertiary/aromatic N) is 2. The van der Waals surface area contributed by atoms with Gasteiger partial charge in [0.15, 0.2) is 0 Å². The van der Waals surface area contributed by atoms with Crippen molar-refractivity contribution in [2.45, 2.75) is 0 Å². The second kappa shape index (κ2) is 5.01. The summed E-state index contributed by atoms with van der Waals surface area (Å²) < 4.78 is 6.13. The molecule has 0 bridgehead atoms. The predicted octanol–water partition coefficient (Wildman–Crippen LogP) is 3.13. The van der Waals surface area contributed by atoms with Gasteiger partial charge in [0.2, 0.25) is 5.75 Å². The van der Waals surface area contributed by atoms with Crippen molar-refractivity contribution in [1.29, 1.82) is 0 Å². The minimum atomic E-state index is -0.573. The van der Waals surface area contributed by atoms with Crippen LogP contribution in [0.1, 0.15) is 0 Å². The number of nitrogen functional groups attached to an aromatic ring is 1. The van der Waals surface area contributed by atoms with Crippen LogP contribution in [-0.4, -0.2) is 9.91 Å². The van der Waals surface area contributed by atoms with Crippen LogP contribution < -0.4 is 10.5 Å². The molecule has 1 aromatic heterocycles. The molecule has 0 aliphatic heterocycles. The van der Waals surface area contributed by atoms with Crippen LogP contribution in [0, 0.1) is 10.1 Å². The number of halogens is 1. The molecule has 6 nitrogen and oxygen atoms in total. The molecule has 2 N–H and O–H groups in total. The summed E-state index contributed by atoms with van der Waals surface area (Å²) in [7, 11) is 0. The Bertz CT molecular complexity index is 604. The largest absolute Gasteiger partial charge is 0.448 e. The highest BCUT2D eigenvalue weighted by atomic mass is 79.9. The van der Waals surface area contributed by atoms with E-state index in [4.69, 9.17) is 10.5 Å². The summed E-state index contributed by atoms with van der Waals surface area (Å²) >= 11 is 3.24. The Kier molecular flexibility index (Phi) is 3.42. The topological polar surface area (TPSA) is 91.3 Å². The summed E-state index contributed by atoms with van der Waals surface area (Å²) in [6.45, 7) is 0. The molecular weight excluding hydrogens is 302 g/mol. The van der Waals surface area contributed by atoms with Crippen molar-refractivity contribution in [3.05, 3.63) is 51.2 Å². The van der Waals surface area contributed by atoms with Crippen LogP contribution in [0.2, 0.25) is 0 Å². The number of para-hydroxylation sites is 1. The number of hydrogen-bond donors (Lipinski definition) is 1. The maximum Gasteiger partial charge on any atom is 0.334 e. The van der Waals surface area contributed by atoms with Gasteiger partial charge in [-0.05, 0) is 34.1 Å². The molecule has 18 heavy (non-hydrogen) atoms. The molecule has 0 fully saturated rings. The molecule has 0 amide bonds. The lowest BCUT2D eigenvalue weighted by atomic mass is 10.2. The second-order valence-corrected chi connectivity index (χ2v) is 4.31. The minimum absolute atomic E-state index is 0.0560. The van der Waals surface area contributed by atoms with Gasteiger partial charge in [-0.1, -0.05) is 6.07 Å². The Morgan fingerprint density at radius 2 is 2.17 bits per heavy atom. The third-order valence-electron chi connectivity index (χ3n) is 2.12. The van der Waals surface area contributed by atoms with Gasteiger partial charge in [0, 0.05) is 10.7 Å². The van der Waals surface area contributed by atoms with Gasteiger partial charge >= 0.3 is 5.69 Å². The van der Waals surface area contributed by atoms with E-state index in [1.807, 2.05) is 0 Å². The lowest BCUT2D eigenvalue weighted by Gasteiger charge is -2.07. The molecule has 0 saturated heterocycles. The summed E-state index contributed by atoms with van der Waals surface area (Å²) in [5.74, 6) is 0.470. The van der Waals surface area contributed by atoms with Crippen LogP contribution in [0.3, 0.4) is 0 Å². The quantitative estimate of drug-likeness (QED) is 0.534. The maximum absolute atomic E-state index is 10.9. The molecular formula is C11H8BrN3O3. The lowest BCUT2D eigenvalue weighted by molar-refractivity contribution is -0.384. The average molecular weight is 310 g/mol. The van der Waals surface area contributed by atoms with Gasteiger partial charge in [0.25, 0.3) is 0 Å². The molecule has 0 unspecified atom stereocenters. The standard InChI is InChI=1S/C11H8BrN3O3/c12-7-4-8(6-14-5-7)18-10-3-1-2-9(13)11(10)15(16)17/h1-6H,13H2. The number of ether oxygens (including phenoxy) is 1. The van der Waals surface area contributed by atoms with Crippen molar-refractivity contribution in [3.63, 3.8) is 0 Å². The van der Waals surface area contributed by atoms with Gasteiger partial charge in [-0.2, -0.15) is 0 Å². The van der Waals surface area contributed by atoms with Gasteiger partial charge < -0.3 is 10.5 Å². The molecule has 7 heteroatoms. The fourth-order valence-corrected chi connectivity index (χ4v) is 1.74. The monoisotopic (exact) mass is 309 g/mol. The van der Waals surface area contributed by atoms with Crippen LogP contribution in [0.25, 0.3) is 0 Å². The zero-order valence-corrected chi connectivity index (χ0v) is 10.6. The van der Waals surface area contributed by atoms with Crippen LogP contribution in [-0.2, 0) is 0 Å². The SMILES string of the molecule is Nc1cccc(Oc2cncc(Br)c2)c1[N+](=O)[O-]. The van der Waals surface area contributed by atoms with Crippen molar-refractivity contribution >= 4 is 27.3 Å². The van der Waals surface area contributed by atoms with Crippen molar-refractivity contribution < 1.29 is 9.66 Å². The molecule has 1 heterocycles. The number of nitro groups is 1. The number of benzene rings is 1. The van der Waals surface area contributed by atoms with E-state index >= 15 is 0 Å². The van der Waals surface area contributed by atoms with Crippen LogP contribution in [0.5, 0.6) is 11.5 Å². The molecule has 0 spiro atoms. The Hall–Kier alpha value is -2.15. The summed E-state index contributed by atoms with van der Waals surface area (Å²) in [6.07, 6.45) is 3.04. The van der Waals surface area contributed by atoms with Gasteiger partial charge in [-0.25, -0.2) is 0 Å². The van der Waals surface area contributed by atoms with E-state index in [1.165, 1.54) is 18.3 Å². The molecule has 2 aromatic rings. The number of anilines is 1. The summed E-state index contributed by atoms with van der Waals surface area (Å²) in [4.78, 5) is 14.3. The fourth-order valence-electron chi connectivity index (χ4n) is 1.39. The number of pyridine rings is 1. The van der Waals surface area contributed by atoms with Crippen LogP contribution in [0.4, 0.5) is 11.4 Å². The molecule has 0 atom stereocenters.